The first-order valence-corrected chi connectivity index (χ1v) is 7.79. The predicted octanol–water partition coefficient (Wildman–Crippen LogP) is 2.73. The van der Waals surface area contributed by atoms with Gasteiger partial charge in [-0.1, -0.05) is 34.1 Å². The van der Waals surface area contributed by atoms with Crippen molar-refractivity contribution in [1.29, 1.82) is 0 Å². The zero-order valence-electron chi connectivity index (χ0n) is 9.31. The highest BCUT2D eigenvalue weighted by atomic mass is 79.9. The summed E-state index contributed by atoms with van der Waals surface area (Å²) in [5.74, 6) is -3.03. The second kappa shape index (κ2) is 4.86. The first-order valence-electron chi connectivity index (χ1n) is 5.39. The van der Waals surface area contributed by atoms with Gasteiger partial charge >= 0.3 is 0 Å². The number of hydrogen-bond donors (Lipinski definition) is 1. The molecule has 1 atom stereocenters. The molecular formula is C11H12BrF2NO2S. The molecule has 7 heteroatoms. The van der Waals surface area contributed by atoms with Crippen molar-refractivity contribution < 1.29 is 17.2 Å². The van der Waals surface area contributed by atoms with Gasteiger partial charge in [-0.2, -0.15) is 4.72 Å². The Balaban J connectivity index is 2.02. The lowest BCUT2D eigenvalue weighted by Crippen LogP contribution is -2.46. The second-order valence-corrected chi connectivity index (χ2v) is 7.06. The molecule has 0 aromatic heterocycles. The first kappa shape index (κ1) is 13.9. The van der Waals surface area contributed by atoms with Crippen LogP contribution in [0.1, 0.15) is 12.8 Å². The predicted molar refractivity (Wildman–Crippen MR) is 67.1 cm³/mol. The van der Waals surface area contributed by atoms with Crippen molar-refractivity contribution in [3.8, 4) is 0 Å². The van der Waals surface area contributed by atoms with E-state index in [0.717, 1.165) is 0 Å². The molecule has 0 bridgehead atoms. The Morgan fingerprint density at radius 3 is 2.33 bits per heavy atom. The highest BCUT2D eigenvalue weighted by Gasteiger charge is 2.48. The Hall–Kier alpha value is -0.530. The van der Waals surface area contributed by atoms with Crippen LogP contribution in [0.15, 0.2) is 35.2 Å². The topological polar surface area (TPSA) is 46.2 Å². The quantitative estimate of drug-likeness (QED) is 0.677. The van der Waals surface area contributed by atoms with Gasteiger partial charge in [0.2, 0.25) is 15.9 Å². The van der Waals surface area contributed by atoms with Gasteiger partial charge in [0, 0.05) is 12.8 Å². The lowest BCUT2D eigenvalue weighted by atomic mass is 9.81. The van der Waals surface area contributed by atoms with Crippen LogP contribution in [0.5, 0.6) is 0 Å². The number of sulfonamides is 1. The van der Waals surface area contributed by atoms with Crippen LogP contribution in [-0.2, 0) is 10.0 Å². The molecule has 0 amide bonds. The number of alkyl halides is 3. The van der Waals surface area contributed by atoms with Crippen molar-refractivity contribution in [3.63, 3.8) is 0 Å². The van der Waals surface area contributed by atoms with Crippen LogP contribution < -0.4 is 4.72 Å². The zero-order chi connectivity index (χ0) is 13.4. The van der Waals surface area contributed by atoms with Gasteiger partial charge < -0.3 is 0 Å². The molecular weight excluding hydrogens is 328 g/mol. The summed E-state index contributed by atoms with van der Waals surface area (Å²) in [5, 5.41) is 0. The third-order valence-corrected chi connectivity index (χ3v) is 5.59. The van der Waals surface area contributed by atoms with Crippen molar-refractivity contribution in [2.24, 2.45) is 5.92 Å². The molecule has 1 fully saturated rings. The second-order valence-electron chi connectivity index (χ2n) is 4.36. The van der Waals surface area contributed by atoms with Crippen LogP contribution in [0.2, 0.25) is 0 Å². The van der Waals surface area contributed by atoms with Crippen LogP contribution in [0.4, 0.5) is 8.78 Å². The Morgan fingerprint density at radius 2 is 1.83 bits per heavy atom. The van der Waals surface area contributed by atoms with Gasteiger partial charge in [-0.3, -0.25) is 0 Å². The van der Waals surface area contributed by atoms with Gasteiger partial charge in [0.1, 0.15) is 0 Å². The summed E-state index contributed by atoms with van der Waals surface area (Å²) in [7, 11) is -3.66. The molecule has 3 nitrogen and oxygen atoms in total. The molecule has 1 N–H and O–H groups in total. The van der Waals surface area contributed by atoms with Crippen LogP contribution >= 0.6 is 15.9 Å². The van der Waals surface area contributed by atoms with Crippen molar-refractivity contribution >= 4 is 26.0 Å². The molecule has 0 aliphatic heterocycles. The molecule has 2 rings (SSSR count). The summed E-state index contributed by atoms with van der Waals surface area (Å²) < 4.78 is 51.6. The van der Waals surface area contributed by atoms with Gasteiger partial charge in [0.25, 0.3) is 0 Å². The van der Waals surface area contributed by atoms with E-state index in [4.69, 9.17) is 0 Å². The van der Waals surface area contributed by atoms with E-state index in [1.54, 1.807) is 18.2 Å². The van der Waals surface area contributed by atoms with E-state index < -0.39 is 20.9 Å². The van der Waals surface area contributed by atoms with E-state index >= 15 is 0 Å². The SMILES string of the molecule is O=S(=O)(NC(Br)C1CC(F)(F)C1)c1ccccc1. The number of rotatable bonds is 4. The molecule has 1 saturated carbocycles. The molecule has 1 aromatic rings. The summed E-state index contributed by atoms with van der Waals surface area (Å²) in [6.07, 6.45) is -0.583. The minimum Gasteiger partial charge on any atom is -0.207 e. The summed E-state index contributed by atoms with van der Waals surface area (Å²) in [6, 6.07) is 7.83. The van der Waals surface area contributed by atoms with Crippen molar-refractivity contribution in [1.82, 2.24) is 4.72 Å². The Bertz CT molecular complexity index is 513. The van der Waals surface area contributed by atoms with Crippen LogP contribution in [0.3, 0.4) is 0 Å². The maximum Gasteiger partial charge on any atom is 0.248 e. The molecule has 0 radical (unpaired) electrons. The van der Waals surface area contributed by atoms with Crippen LogP contribution in [0, 0.1) is 5.92 Å². The molecule has 1 unspecified atom stereocenters. The fourth-order valence-electron chi connectivity index (χ4n) is 1.83. The summed E-state index contributed by atoms with van der Waals surface area (Å²) in [5.41, 5.74) is 0. The van der Waals surface area contributed by atoms with Gasteiger partial charge in [0.15, 0.2) is 0 Å². The van der Waals surface area contributed by atoms with Crippen molar-refractivity contribution in [3.05, 3.63) is 30.3 Å². The minimum atomic E-state index is -3.66. The van der Waals surface area contributed by atoms with E-state index in [1.165, 1.54) is 12.1 Å². The number of benzene rings is 1. The van der Waals surface area contributed by atoms with E-state index in [2.05, 4.69) is 20.7 Å². The maximum atomic E-state index is 12.7. The highest BCUT2D eigenvalue weighted by Crippen LogP contribution is 2.45. The average molecular weight is 340 g/mol. The van der Waals surface area contributed by atoms with Gasteiger partial charge in [-0.15, -0.1) is 0 Å². The van der Waals surface area contributed by atoms with E-state index in [0.29, 0.717) is 0 Å². The minimum absolute atomic E-state index is 0.125. The van der Waals surface area contributed by atoms with E-state index in [-0.39, 0.29) is 23.7 Å². The van der Waals surface area contributed by atoms with Crippen LogP contribution in [0.25, 0.3) is 0 Å². The number of hydrogen-bond acceptors (Lipinski definition) is 2. The fraction of sp³-hybridized carbons (Fsp3) is 0.455. The van der Waals surface area contributed by atoms with E-state index in [1.807, 2.05) is 0 Å². The third-order valence-electron chi connectivity index (χ3n) is 2.86. The summed E-state index contributed by atoms with van der Waals surface area (Å²) in [6.45, 7) is 0. The molecule has 1 aliphatic carbocycles. The van der Waals surface area contributed by atoms with Crippen molar-refractivity contribution in [2.45, 2.75) is 28.6 Å². The number of halogens is 3. The summed E-state index contributed by atoms with van der Waals surface area (Å²) in [4.78, 5) is -0.539. The molecule has 100 valence electrons. The molecule has 1 aromatic carbocycles. The summed E-state index contributed by atoms with van der Waals surface area (Å²) >= 11 is 3.12. The lowest BCUT2D eigenvalue weighted by molar-refractivity contribution is -0.110. The molecule has 0 spiro atoms. The average Bonchev–Trinajstić information content (AvgIpc) is 2.26. The van der Waals surface area contributed by atoms with E-state index in [9.17, 15) is 17.2 Å². The third kappa shape index (κ3) is 3.07. The highest BCUT2D eigenvalue weighted by molar-refractivity contribution is 9.09. The fourth-order valence-corrected chi connectivity index (χ4v) is 4.08. The first-order chi connectivity index (χ1) is 8.30. The zero-order valence-corrected chi connectivity index (χ0v) is 11.7. The molecule has 0 heterocycles. The van der Waals surface area contributed by atoms with Gasteiger partial charge in [-0.05, 0) is 18.1 Å². The Labute approximate surface area is 113 Å². The van der Waals surface area contributed by atoms with Crippen LogP contribution in [-0.4, -0.2) is 19.3 Å². The van der Waals surface area contributed by atoms with Gasteiger partial charge in [-0.25, -0.2) is 17.2 Å². The normalized spacial score (nSPS) is 21.3. The monoisotopic (exact) mass is 339 g/mol. The Morgan fingerprint density at radius 1 is 1.28 bits per heavy atom. The Kier molecular flexibility index (Phi) is 3.75. The smallest absolute Gasteiger partial charge is 0.207 e. The van der Waals surface area contributed by atoms with Crippen molar-refractivity contribution in [2.75, 3.05) is 0 Å². The molecule has 1 aliphatic rings. The van der Waals surface area contributed by atoms with Gasteiger partial charge in [0.05, 0.1) is 9.85 Å². The maximum absolute atomic E-state index is 12.7. The molecule has 18 heavy (non-hydrogen) atoms. The largest absolute Gasteiger partial charge is 0.248 e. The number of nitrogens with one attached hydrogen (secondary N) is 1. The lowest BCUT2D eigenvalue weighted by Gasteiger charge is -2.37. The molecule has 0 saturated heterocycles. The standard InChI is InChI=1S/C11H12BrF2NO2S/c12-10(8-6-11(13,14)7-8)15-18(16,17)9-4-2-1-3-5-9/h1-5,8,10,15H,6-7H2.